The molecular weight excluding hydrogens is 375 g/mol. The monoisotopic (exact) mass is 400 g/mol. The van der Waals surface area contributed by atoms with Crippen LogP contribution < -0.4 is 0 Å². The van der Waals surface area contributed by atoms with E-state index >= 15 is 0 Å². The van der Waals surface area contributed by atoms with Gasteiger partial charge in [0.2, 0.25) is 0 Å². The molecule has 3 nitrogen and oxygen atoms in total. The highest BCUT2D eigenvalue weighted by atomic mass is 19.1. The number of hydrogen-bond donors (Lipinski definition) is 0. The third-order valence-electron chi connectivity index (χ3n) is 5.53. The topological polar surface area (TPSA) is 25.2 Å². The zero-order valence-electron chi connectivity index (χ0n) is 17.5. The summed E-state index contributed by atoms with van der Waals surface area (Å²) in [6, 6.07) is 21.0. The summed E-state index contributed by atoms with van der Waals surface area (Å²) in [4.78, 5) is 14.2. The van der Waals surface area contributed by atoms with Crippen LogP contribution in [0.25, 0.3) is 22.0 Å². The van der Waals surface area contributed by atoms with Crippen molar-refractivity contribution in [1.29, 1.82) is 0 Å². The second kappa shape index (κ2) is 8.15. The third-order valence-corrected chi connectivity index (χ3v) is 5.53. The lowest BCUT2D eigenvalue weighted by Crippen LogP contribution is -2.23. The molecule has 0 saturated carbocycles. The Morgan fingerprint density at radius 3 is 2.43 bits per heavy atom. The van der Waals surface area contributed by atoms with E-state index in [1.165, 1.54) is 0 Å². The molecule has 0 atom stereocenters. The van der Waals surface area contributed by atoms with Gasteiger partial charge < -0.3 is 9.47 Å². The quantitative estimate of drug-likeness (QED) is 0.404. The smallest absolute Gasteiger partial charge is 0.254 e. The van der Waals surface area contributed by atoms with E-state index in [9.17, 15) is 9.18 Å². The van der Waals surface area contributed by atoms with Crippen molar-refractivity contribution in [3.63, 3.8) is 0 Å². The Hall–Kier alpha value is -3.40. The lowest BCUT2D eigenvalue weighted by Gasteiger charge is -2.16. The number of carbonyl (C=O) groups is 1. The lowest BCUT2D eigenvalue weighted by atomic mass is 10.0. The van der Waals surface area contributed by atoms with Crippen molar-refractivity contribution < 1.29 is 9.18 Å². The Morgan fingerprint density at radius 1 is 0.933 bits per heavy atom. The first-order valence-electron chi connectivity index (χ1n) is 10.3. The zero-order valence-corrected chi connectivity index (χ0v) is 17.5. The van der Waals surface area contributed by atoms with E-state index < -0.39 is 0 Å². The standard InChI is InChI=1S/C24H19FN2O.C2H6/c1-26-11-10-16-6-7-18(13-23(16)26)17-8-9-20(22(25)12-17)15-27-14-19-4-2-3-5-21(19)24(27)28;1-2/h2-13H,14-15H2,1H3;1-2H3. The minimum atomic E-state index is -0.284. The molecule has 152 valence electrons. The maximum atomic E-state index is 14.8. The molecule has 30 heavy (non-hydrogen) atoms. The van der Waals surface area contributed by atoms with E-state index in [1.54, 1.807) is 17.0 Å². The highest BCUT2D eigenvalue weighted by Crippen LogP contribution is 2.28. The van der Waals surface area contributed by atoms with Gasteiger partial charge in [-0.25, -0.2) is 4.39 Å². The van der Waals surface area contributed by atoms with Gasteiger partial charge in [0, 0.05) is 43.0 Å². The summed E-state index contributed by atoms with van der Waals surface area (Å²) >= 11 is 0. The van der Waals surface area contributed by atoms with Crippen molar-refractivity contribution in [2.75, 3.05) is 0 Å². The maximum Gasteiger partial charge on any atom is 0.254 e. The molecule has 1 aliphatic rings. The molecular formula is C26H25FN2O. The van der Waals surface area contributed by atoms with E-state index in [4.69, 9.17) is 0 Å². The molecule has 3 aromatic carbocycles. The Labute approximate surface area is 176 Å². The molecule has 2 heterocycles. The molecule has 0 unspecified atom stereocenters. The summed E-state index contributed by atoms with van der Waals surface area (Å²) in [5, 5.41) is 1.16. The van der Waals surface area contributed by atoms with Crippen molar-refractivity contribution >= 4 is 16.8 Å². The number of fused-ring (bicyclic) bond motifs is 2. The Balaban J connectivity index is 0.00000106. The molecule has 1 aliphatic heterocycles. The third kappa shape index (κ3) is 3.50. The van der Waals surface area contributed by atoms with Crippen molar-refractivity contribution in [2.45, 2.75) is 26.9 Å². The van der Waals surface area contributed by atoms with Crippen LogP contribution in [0.4, 0.5) is 4.39 Å². The lowest BCUT2D eigenvalue weighted by molar-refractivity contribution is 0.0765. The fraction of sp³-hybridized carbons (Fsp3) is 0.192. The van der Waals surface area contributed by atoms with E-state index in [0.717, 1.165) is 33.2 Å². The Bertz CT molecular complexity index is 1220. The summed E-state index contributed by atoms with van der Waals surface area (Å²) in [6.45, 7) is 4.80. The number of nitrogens with zero attached hydrogens (tertiary/aromatic N) is 2. The predicted molar refractivity (Wildman–Crippen MR) is 120 cm³/mol. The van der Waals surface area contributed by atoms with Gasteiger partial charge in [0.1, 0.15) is 5.82 Å². The molecule has 0 N–H and O–H groups in total. The molecule has 0 aliphatic carbocycles. The minimum absolute atomic E-state index is 0.0340. The fourth-order valence-electron chi connectivity index (χ4n) is 3.95. The van der Waals surface area contributed by atoms with E-state index in [-0.39, 0.29) is 18.3 Å². The number of amides is 1. The largest absolute Gasteiger partial charge is 0.351 e. The summed E-state index contributed by atoms with van der Waals surface area (Å²) in [7, 11) is 2.00. The van der Waals surface area contributed by atoms with Crippen LogP contribution in [0.1, 0.15) is 35.3 Å². The van der Waals surface area contributed by atoms with Gasteiger partial charge in [0.05, 0.1) is 0 Å². The summed E-state index contributed by atoms with van der Waals surface area (Å²) < 4.78 is 16.9. The van der Waals surface area contributed by atoms with Crippen LogP contribution in [0.2, 0.25) is 0 Å². The van der Waals surface area contributed by atoms with Gasteiger partial charge in [-0.1, -0.05) is 56.3 Å². The molecule has 1 amide bonds. The highest BCUT2D eigenvalue weighted by Gasteiger charge is 2.27. The van der Waals surface area contributed by atoms with Crippen LogP contribution in [-0.2, 0) is 20.1 Å². The number of aryl methyl sites for hydroxylation is 1. The Kier molecular flexibility index (Phi) is 5.40. The van der Waals surface area contributed by atoms with Crippen LogP contribution in [0.15, 0.2) is 72.9 Å². The maximum absolute atomic E-state index is 14.8. The van der Waals surface area contributed by atoms with E-state index in [2.05, 4.69) is 22.8 Å². The molecule has 0 spiro atoms. The molecule has 4 aromatic rings. The van der Waals surface area contributed by atoms with Gasteiger partial charge in [-0.2, -0.15) is 0 Å². The van der Waals surface area contributed by atoms with E-state index in [0.29, 0.717) is 12.1 Å². The van der Waals surface area contributed by atoms with Crippen molar-refractivity contribution in [2.24, 2.45) is 7.05 Å². The Morgan fingerprint density at radius 2 is 1.67 bits per heavy atom. The second-order valence-electron chi connectivity index (χ2n) is 7.32. The predicted octanol–water partition coefficient (Wildman–Crippen LogP) is 6.17. The van der Waals surface area contributed by atoms with Gasteiger partial charge >= 0.3 is 0 Å². The van der Waals surface area contributed by atoms with Gasteiger partial charge in [-0.15, -0.1) is 0 Å². The number of rotatable bonds is 3. The first-order chi connectivity index (χ1) is 14.6. The van der Waals surface area contributed by atoms with Crippen LogP contribution in [0.5, 0.6) is 0 Å². The molecule has 0 saturated heterocycles. The van der Waals surface area contributed by atoms with Gasteiger partial charge in [-0.05, 0) is 46.3 Å². The SMILES string of the molecule is CC.Cn1ccc2ccc(-c3ccc(CN4Cc5ccccc5C4=O)c(F)c3)cc21. The van der Waals surface area contributed by atoms with Crippen LogP contribution in [0.3, 0.4) is 0 Å². The fourth-order valence-corrected chi connectivity index (χ4v) is 3.95. The molecule has 1 aromatic heterocycles. The van der Waals surface area contributed by atoms with Gasteiger partial charge in [-0.3, -0.25) is 4.79 Å². The second-order valence-corrected chi connectivity index (χ2v) is 7.32. The number of hydrogen-bond acceptors (Lipinski definition) is 1. The highest BCUT2D eigenvalue weighted by molar-refractivity contribution is 5.98. The first kappa shape index (κ1) is 19.9. The van der Waals surface area contributed by atoms with Crippen molar-refractivity contribution in [3.8, 4) is 11.1 Å². The number of carbonyl (C=O) groups excluding carboxylic acids is 1. The van der Waals surface area contributed by atoms with Gasteiger partial charge in [0.25, 0.3) is 5.91 Å². The molecule has 5 rings (SSSR count). The minimum Gasteiger partial charge on any atom is -0.351 e. The van der Waals surface area contributed by atoms with Gasteiger partial charge in [0.15, 0.2) is 0 Å². The summed E-state index contributed by atoms with van der Waals surface area (Å²) in [6.07, 6.45) is 2.02. The van der Waals surface area contributed by atoms with Crippen LogP contribution in [0, 0.1) is 5.82 Å². The summed E-state index contributed by atoms with van der Waals surface area (Å²) in [5.41, 5.74) is 5.17. The average Bonchev–Trinajstić information content (AvgIpc) is 3.31. The molecule has 0 radical (unpaired) electrons. The number of benzene rings is 3. The number of halogens is 1. The first-order valence-corrected chi connectivity index (χ1v) is 10.3. The number of aromatic nitrogens is 1. The average molecular weight is 400 g/mol. The normalized spacial score (nSPS) is 12.7. The van der Waals surface area contributed by atoms with Crippen LogP contribution in [-0.4, -0.2) is 15.4 Å². The van der Waals surface area contributed by atoms with Crippen molar-refractivity contribution in [1.82, 2.24) is 9.47 Å². The molecule has 0 fully saturated rings. The van der Waals surface area contributed by atoms with Crippen molar-refractivity contribution in [3.05, 3.63) is 95.4 Å². The molecule has 0 bridgehead atoms. The van der Waals surface area contributed by atoms with Crippen LogP contribution >= 0.6 is 0 Å². The van der Waals surface area contributed by atoms with E-state index in [1.807, 2.05) is 63.5 Å². The summed E-state index contributed by atoms with van der Waals surface area (Å²) in [5.74, 6) is -0.318. The zero-order chi connectivity index (χ0) is 21.3. The molecule has 4 heteroatoms.